The first kappa shape index (κ1) is 18.2. The average molecular weight is 357 g/mol. The molecule has 0 saturated heterocycles. The third-order valence-electron chi connectivity index (χ3n) is 3.52. The Hall–Kier alpha value is -2.12. The maximum absolute atomic E-state index is 12.4. The quantitative estimate of drug-likeness (QED) is 0.608. The molecule has 1 atom stereocenters. The molecule has 24 heavy (non-hydrogen) atoms. The third kappa shape index (κ3) is 3.85. The molecule has 1 aromatic heterocycles. The zero-order chi connectivity index (χ0) is 17.9. The highest BCUT2D eigenvalue weighted by atomic mass is 35.5. The van der Waals surface area contributed by atoms with Crippen molar-refractivity contribution in [2.75, 3.05) is 0 Å². The molecule has 0 aliphatic heterocycles. The van der Waals surface area contributed by atoms with Gasteiger partial charge in [-0.15, -0.1) is 0 Å². The maximum Gasteiger partial charge on any atom is 0.387 e. The fourth-order valence-electron chi connectivity index (χ4n) is 2.55. The highest BCUT2D eigenvalue weighted by molar-refractivity contribution is 6.36. The predicted octanol–water partition coefficient (Wildman–Crippen LogP) is 3.79. The first-order chi connectivity index (χ1) is 11.3. The van der Waals surface area contributed by atoms with Gasteiger partial charge >= 0.3 is 6.61 Å². The lowest BCUT2D eigenvalue weighted by Crippen LogP contribution is -2.34. The Morgan fingerprint density at radius 3 is 2.54 bits per heavy atom. The number of halogens is 3. The Labute approximate surface area is 143 Å². The molecule has 0 radical (unpaired) electrons. The van der Waals surface area contributed by atoms with Gasteiger partial charge in [0.15, 0.2) is 0 Å². The van der Waals surface area contributed by atoms with Crippen molar-refractivity contribution in [3.63, 3.8) is 0 Å². The topological polar surface area (TPSA) is 77.4 Å². The van der Waals surface area contributed by atoms with E-state index in [0.717, 1.165) is 5.69 Å². The van der Waals surface area contributed by atoms with Crippen LogP contribution in [0.4, 0.5) is 8.78 Å². The Morgan fingerprint density at radius 1 is 1.25 bits per heavy atom. The van der Waals surface area contributed by atoms with Crippen LogP contribution in [0.15, 0.2) is 36.7 Å². The molecule has 2 aromatic rings. The van der Waals surface area contributed by atoms with Crippen molar-refractivity contribution < 1.29 is 13.5 Å². The van der Waals surface area contributed by atoms with Gasteiger partial charge in [0.1, 0.15) is 5.75 Å². The van der Waals surface area contributed by atoms with Gasteiger partial charge < -0.3 is 15.5 Å². The number of rotatable bonds is 6. The fourth-order valence-corrected chi connectivity index (χ4v) is 2.81. The molecule has 0 fully saturated rings. The minimum Gasteiger partial charge on any atom is -0.433 e. The molecule has 0 aliphatic rings. The molecule has 0 saturated carbocycles. The van der Waals surface area contributed by atoms with Crippen molar-refractivity contribution in [2.45, 2.75) is 26.5 Å². The Morgan fingerprint density at radius 2 is 1.96 bits per heavy atom. The molecule has 130 valence electrons. The summed E-state index contributed by atoms with van der Waals surface area (Å²) < 4.78 is 29.2. The lowest BCUT2D eigenvalue weighted by atomic mass is 9.99. The van der Waals surface area contributed by atoms with Crippen molar-refractivity contribution in [2.24, 2.45) is 17.5 Å². The Balaban J connectivity index is 2.47. The minimum absolute atomic E-state index is 0.0827. The van der Waals surface area contributed by atoms with E-state index in [1.54, 1.807) is 24.4 Å². The summed E-state index contributed by atoms with van der Waals surface area (Å²) in [6, 6.07) is 6.23. The summed E-state index contributed by atoms with van der Waals surface area (Å²) in [7, 11) is 0. The first-order valence-corrected chi connectivity index (χ1v) is 7.68. The van der Waals surface area contributed by atoms with E-state index >= 15 is 0 Å². The summed E-state index contributed by atoms with van der Waals surface area (Å²) in [6.45, 7) is 1.08. The van der Waals surface area contributed by atoms with Crippen LogP contribution in [0.1, 0.15) is 25.6 Å². The van der Waals surface area contributed by atoms with Crippen LogP contribution in [-0.2, 0) is 0 Å². The maximum atomic E-state index is 12.4. The number of hydrogen-bond donors (Lipinski definition) is 2. The van der Waals surface area contributed by atoms with Crippen molar-refractivity contribution >= 4 is 22.5 Å². The summed E-state index contributed by atoms with van der Waals surface area (Å²) in [5.74, 6) is 6.09. The van der Waals surface area contributed by atoms with E-state index in [-0.39, 0.29) is 22.7 Å². The van der Waals surface area contributed by atoms with Crippen molar-refractivity contribution in [1.82, 2.24) is 9.99 Å². The zero-order valence-electron chi connectivity index (χ0n) is 13.3. The molecule has 1 unspecified atom stereocenters. The second kappa shape index (κ2) is 7.63. The molecular formula is C16H19ClF2N4O. The summed E-state index contributed by atoms with van der Waals surface area (Å²) in [6.07, 6.45) is 2.91. The molecule has 0 aliphatic carbocycles. The smallest absolute Gasteiger partial charge is 0.387 e. The molecule has 4 N–H and O–H groups in total. The Kier molecular flexibility index (Phi) is 5.80. The largest absolute Gasteiger partial charge is 0.433 e. The van der Waals surface area contributed by atoms with Crippen LogP contribution in [0.2, 0.25) is 5.02 Å². The first-order valence-electron chi connectivity index (χ1n) is 7.30. The number of nitrogens with two attached hydrogens (primary N) is 2. The Bertz CT molecular complexity index is 739. The van der Waals surface area contributed by atoms with Gasteiger partial charge in [0.2, 0.25) is 0 Å². The van der Waals surface area contributed by atoms with E-state index < -0.39 is 6.61 Å². The molecule has 0 spiro atoms. The number of aromatic nitrogens is 1. The van der Waals surface area contributed by atoms with E-state index in [2.05, 4.69) is 9.72 Å². The van der Waals surface area contributed by atoms with E-state index in [0.29, 0.717) is 10.9 Å². The molecule has 1 heterocycles. The van der Waals surface area contributed by atoms with Crippen molar-refractivity contribution in [3.8, 4) is 5.75 Å². The molecule has 0 bridgehead atoms. The third-order valence-corrected chi connectivity index (χ3v) is 3.91. The fraction of sp³-hybridized carbons (Fsp3) is 0.312. The number of pyridine rings is 1. The van der Waals surface area contributed by atoms with Gasteiger partial charge in [0, 0.05) is 17.8 Å². The average Bonchev–Trinajstić information content (AvgIpc) is 2.50. The molecule has 8 heteroatoms. The normalized spacial score (nSPS) is 13.2. The number of fused-ring (bicyclic) bond motifs is 1. The predicted molar refractivity (Wildman–Crippen MR) is 90.3 cm³/mol. The summed E-state index contributed by atoms with van der Waals surface area (Å²) in [4.78, 5) is 4.56. The second-order valence-electron chi connectivity index (χ2n) is 5.54. The van der Waals surface area contributed by atoms with Gasteiger partial charge in [-0.05, 0) is 30.2 Å². The number of hydrazine groups is 1. The lowest BCUT2D eigenvalue weighted by molar-refractivity contribution is -0.0496. The van der Waals surface area contributed by atoms with E-state index in [1.165, 1.54) is 17.3 Å². The molecule has 2 rings (SSSR count). The highest BCUT2D eigenvalue weighted by Gasteiger charge is 2.22. The summed E-state index contributed by atoms with van der Waals surface area (Å²) >= 11 is 6.13. The van der Waals surface area contributed by atoms with Gasteiger partial charge in [-0.2, -0.15) is 8.78 Å². The highest BCUT2D eigenvalue weighted by Crippen LogP contribution is 2.34. The van der Waals surface area contributed by atoms with Crippen LogP contribution in [0, 0.1) is 5.92 Å². The second-order valence-corrected chi connectivity index (χ2v) is 5.91. The van der Waals surface area contributed by atoms with Gasteiger partial charge in [-0.3, -0.25) is 4.98 Å². The summed E-state index contributed by atoms with van der Waals surface area (Å²) in [5.41, 5.74) is 6.68. The van der Waals surface area contributed by atoms with Crippen LogP contribution in [0.3, 0.4) is 0 Å². The van der Waals surface area contributed by atoms with Crippen LogP contribution in [-0.4, -0.2) is 16.6 Å². The van der Waals surface area contributed by atoms with Gasteiger partial charge in [0.25, 0.3) is 0 Å². The van der Waals surface area contributed by atoms with Gasteiger partial charge in [-0.1, -0.05) is 25.4 Å². The number of hydrogen-bond acceptors (Lipinski definition) is 5. The van der Waals surface area contributed by atoms with Crippen molar-refractivity contribution in [1.29, 1.82) is 0 Å². The molecule has 1 aromatic carbocycles. The lowest BCUT2D eigenvalue weighted by Gasteiger charge is -2.29. The summed E-state index contributed by atoms with van der Waals surface area (Å²) in [5, 5.41) is 2.10. The molecule has 5 nitrogen and oxygen atoms in total. The SMILES string of the molecule is CC(C)C(c1ccc2c(Cl)c(OC(F)F)ccc2n1)N(N)/C=C\N. The monoisotopic (exact) mass is 356 g/mol. The van der Waals surface area contributed by atoms with Crippen LogP contribution >= 0.6 is 11.6 Å². The molecular weight excluding hydrogens is 338 g/mol. The van der Waals surface area contributed by atoms with Gasteiger partial charge in [-0.25, -0.2) is 5.84 Å². The van der Waals surface area contributed by atoms with E-state index in [4.69, 9.17) is 23.2 Å². The van der Waals surface area contributed by atoms with Crippen molar-refractivity contribution in [3.05, 3.63) is 47.4 Å². The van der Waals surface area contributed by atoms with E-state index in [9.17, 15) is 8.78 Å². The standard InChI is InChI=1S/C16H19ClF2N4O/c1-9(2)15(23(21)8-7-20)12-4-3-10-11(22-12)5-6-13(14(10)17)24-16(18)19/h3-9,15-16H,20-21H2,1-2H3/b8-7-. The van der Waals surface area contributed by atoms with Crippen LogP contribution in [0.25, 0.3) is 10.9 Å². The minimum atomic E-state index is -2.94. The number of benzene rings is 1. The number of ether oxygens (including phenoxy) is 1. The van der Waals surface area contributed by atoms with Crippen LogP contribution < -0.4 is 16.3 Å². The zero-order valence-corrected chi connectivity index (χ0v) is 14.0. The number of alkyl halides is 2. The number of nitrogens with zero attached hydrogens (tertiary/aromatic N) is 2. The van der Waals surface area contributed by atoms with E-state index in [1.807, 2.05) is 13.8 Å². The van der Waals surface area contributed by atoms with Gasteiger partial charge in [0.05, 0.1) is 22.3 Å². The molecule has 0 amide bonds. The van der Waals surface area contributed by atoms with Crippen LogP contribution in [0.5, 0.6) is 5.75 Å².